The lowest BCUT2D eigenvalue weighted by atomic mass is 10.2. The molecule has 0 radical (unpaired) electrons. The maximum absolute atomic E-state index is 12.1. The van der Waals surface area contributed by atoms with Gasteiger partial charge in [0.25, 0.3) is 0 Å². The number of nitrogens with zero attached hydrogens (tertiary/aromatic N) is 2. The summed E-state index contributed by atoms with van der Waals surface area (Å²) in [7, 11) is 2.11. The maximum atomic E-state index is 12.1. The Hall–Kier alpha value is -1.11. The molecule has 1 aliphatic heterocycles. The molecule has 1 saturated heterocycles. The lowest BCUT2D eigenvalue weighted by Gasteiger charge is -2.27. The number of urea groups is 1. The zero-order valence-electron chi connectivity index (χ0n) is 15.3. The van der Waals surface area contributed by atoms with Crippen LogP contribution in [0.2, 0.25) is 0 Å². The highest BCUT2D eigenvalue weighted by molar-refractivity contribution is 7.10. The van der Waals surface area contributed by atoms with E-state index >= 15 is 0 Å². The molecule has 136 valence electrons. The largest absolute Gasteiger partial charge is 0.337 e. The molecule has 2 amide bonds. The van der Waals surface area contributed by atoms with Gasteiger partial charge in [-0.15, -0.1) is 11.3 Å². The predicted molar refractivity (Wildman–Crippen MR) is 102 cm³/mol. The summed E-state index contributed by atoms with van der Waals surface area (Å²) in [6, 6.07) is 5.06. The van der Waals surface area contributed by atoms with Gasteiger partial charge >= 0.3 is 6.03 Å². The second-order valence-electron chi connectivity index (χ2n) is 6.65. The van der Waals surface area contributed by atoms with E-state index in [1.165, 1.54) is 17.7 Å². The van der Waals surface area contributed by atoms with Crippen molar-refractivity contribution in [3.05, 3.63) is 22.4 Å². The lowest BCUT2D eigenvalue weighted by molar-refractivity contribution is 0.217. The van der Waals surface area contributed by atoms with E-state index in [9.17, 15) is 4.79 Å². The molecule has 1 aromatic rings. The topological polar surface area (TPSA) is 47.6 Å². The van der Waals surface area contributed by atoms with Crippen LogP contribution in [-0.4, -0.2) is 61.6 Å². The van der Waals surface area contributed by atoms with Crippen molar-refractivity contribution in [3.8, 4) is 0 Å². The molecule has 5 nitrogen and oxygen atoms in total. The second kappa shape index (κ2) is 10.0. The van der Waals surface area contributed by atoms with Crippen molar-refractivity contribution in [1.29, 1.82) is 0 Å². The van der Waals surface area contributed by atoms with E-state index < -0.39 is 0 Å². The summed E-state index contributed by atoms with van der Waals surface area (Å²) in [5.74, 6) is 0. The zero-order chi connectivity index (χ0) is 17.4. The molecule has 2 heterocycles. The Balaban J connectivity index is 1.74. The van der Waals surface area contributed by atoms with E-state index in [-0.39, 0.29) is 6.03 Å². The molecular weight excluding hydrogens is 320 g/mol. The quantitative estimate of drug-likeness (QED) is 0.718. The highest BCUT2D eigenvalue weighted by Crippen LogP contribution is 2.27. The molecule has 2 atom stereocenters. The van der Waals surface area contributed by atoms with Gasteiger partial charge in [0, 0.05) is 30.6 Å². The van der Waals surface area contributed by atoms with Crippen molar-refractivity contribution in [2.75, 3.05) is 39.8 Å². The molecule has 24 heavy (non-hydrogen) atoms. The molecule has 2 unspecified atom stereocenters. The minimum absolute atomic E-state index is 0.0618. The van der Waals surface area contributed by atoms with Crippen LogP contribution in [0.25, 0.3) is 0 Å². The van der Waals surface area contributed by atoms with Crippen LogP contribution < -0.4 is 10.6 Å². The SMILES string of the molecule is CCC(C)N(C)CCNC(=O)NCC(c1cccs1)N1CCCC1. The first-order chi connectivity index (χ1) is 11.6. The molecular formula is C18H32N4OS. The average Bonchev–Trinajstić information content (AvgIpc) is 3.28. The van der Waals surface area contributed by atoms with Crippen LogP contribution in [0.5, 0.6) is 0 Å². The molecule has 1 aliphatic rings. The Bertz CT molecular complexity index is 473. The van der Waals surface area contributed by atoms with Gasteiger partial charge in [-0.25, -0.2) is 4.79 Å². The third-order valence-corrected chi connectivity index (χ3v) is 5.98. The van der Waals surface area contributed by atoms with E-state index in [2.05, 4.69) is 58.8 Å². The van der Waals surface area contributed by atoms with Crippen molar-refractivity contribution in [2.45, 2.75) is 45.2 Å². The van der Waals surface area contributed by atoms with Gasteiger partial charge in [0.15, 0.2) is 0 Å². The zero-order valence-corrected chi connectivity index (χ0v) is 16.1. The normalized spacial score (nSPS) is 17.8. The van der Waals surface area contributed by atoms with Crippen molar-refractivity contribution in [2.24, 2.45) is 0 Å². The van der Waals surface area contributed by atoms with Crippen LogP contribution in [0.4, 0.5) is 4.79 Å². The first kappa shape index (κ1) is 19.2. The monoisotopic (exact) mass is 352 g/mol. The van der Waals surface area contributed by atoms with Crippen LogP contribution in [0.1, 0.15) is 44.0 Å². The number of likely N-dealkylation sites (tertiary alicyclic amines) is 1. The highest BCUT2D eigenvalue weighted by Gasteiger charge is 2.24. The molecule has 2 N–H and O–H groups in total. The Morgan fingerprint density at radius 1 is 1.38 bits per heavy atom. The lowest BCUT2D eigenvalue weighted by Crippen LogP contribution is -2.44. The molecule has 0 spiro atoms. The fourth-order valence-electron chi connectivity index (χ4n) is 3.07. The number of rotatable bonds is 9. The number of nitrogens with one attached hydrogen (secondary N) is 2. The van der Waals surface area contributed by atoms with E-state index in [1.807, 2.05) is 0 Å². The van der Waals surface area contributed by atoms with Gasteiger partial charge in [-0.2, -0.15) is 0 Å². The van der Waals surface area contributed by atoms with Gasteiger partial charge in [-0.1, -0.05) is 13.0 Å². The van der Waals surface area contributed by atoms with E-state index in [0.29, 0.717) is 25.2 Å². The number of hydrogen-bond acceptors (Lipinski definition) is 4. The molecule has 1 fully saturated rings. The summed E-state index contributed by atoms with van der Waals surface area (Å²) in [6.07, 6.45) is 3.65. The van der Waals surface area contributed by atoms with E-state index in [1.54, 1.807) is 11.3 Å². The smallest absolute Gasteiger partial charge is 0.314 e. The molecule has 0 saturated carbocycles. The molecule has 0 aliphatic carbocycles. The minimum atomic E-state index is -0.0618. The summed E-state index contributed by atoms with van der Waals surface area (Å²) in [4.78, 5) is 18.2. The summed E-state index contributed by atoms with van der Waals surface area (Å²) >= 11 is 1.78. The molecule has 2 rings (SSSR count). The van der Waals surface area contributed by atoms with Crippen molar-refractivity contribution >= 4 is 17.4 Å². The van der Waals surface area contributed by atoms with Crippen LogP contribution in [0.15, 0.2) is 17.5 Å². The van der Waals surface area contributed by atoms with Crippen molar-refractivity contribution < 1.29 is 4.79 Å². The maximum Gasteiger partial charge on any atom is 0.314 e. The Kier molecular flexibility index (Phi) is 8.02. The van der Waals surface area contributed by atoms with Crippen LogP contribution >= 0.6 is 11.3 Å². The Morgan fingerprint density at radius 2 is 2.12 bits per heavy atom. The van der Waals surface area contributed by atoms with Gasteiger partial charge in [-0.3, -0.25) is 4.90 Å². The van der Waals surface area contributed by atoms with Crippen LogP contribution in [0.3, 0.4) is 0 Å². The Labute approximate surface area is 150 Å². The van der Waals surface area contributed by atoms with E-state index in [0.717, 1.165) is 26.1 Å². The first-order valence-electron chi connectivity index (χ1n) is 9.11. The highest BCUT2D eigenvalue weighted by atomic mass is 32.1. The van der Waals surface area contributed by atoms with Gasteiger partial charge in [0.1, 0.15) is 0 Å². The third kappa shape index (κ3) is 5.76. The molecule has 6 heteroatoms. The first-order valence-corrected chi connectivity index (χ1v) is 9.99. The van der Waals surface area contributed by atoms with Gasteiger partial charge < -0.3 is 15.5 Å². The van der Waals surface area contributed by atoms with Crippen molar-refractivity contribution in [3.63, 3.8) is 0 Å². The average molecular weight is 353 g/mol. The number of hydrogen-bond donors (Lipinski definition) is 2. The summed E-state index contributed by atoms with van der Waals surface area (Å²) in [5, 5.41) is 8.15. The second-order valence-corrected chi connectivity index (χ2v) is 7.63. The van der Waals surface area contributed by atoms with E-state index in [4.69, 9.17) is 0 Å². The molecule has 1 aromatic heterocycles. The standard InChI is InChI=1S/C18H32N4OS/c1-4-15(2)21(3)12-9-19-18(23)20-14-16(17-8-7-13-24-17)22-10-5-6-11-22/h7-8,13,15-16H,4-6,9-12,14H2,1-3H3,(H2,19,20,23). The summed E-state index contributed by atoms with van der Waals surface area (Å²) in [6.45, 7) is 8.89. The van der Waals surface area contributed by atoms with Gasteiger partial charge in [-0.05, 0) is 57.8 Å². The minimum Gasteiger partial charge on any atom is -0.337 e. The fourth-order valence-corrected chi connectivity index (χ4v) is 3.93. The van der Waals surface area contributed by atoms with Crippen LogP contribution in [-0.2, 0) is 0 Å². The van der Waals surface area contributed by atoms with Gasteiger partial charge in [0.05, 0.1) is 6.04 Å². The number of likely N-dealkylation sites (N-methyl/N-ethyl adjacent to an activating group) is 1. The Morgan fingerprint density at radius 3 is 2.75 bits per heavy atom. The third-order valence-electron chi connectivity index (χ3n) is 5.00. The number of carbonyl (C=O) groups is 1. The fraction of sp³-hybridized carbons (Fsp3) is 0.722. The van der Waals surface area contributed by atoms with Gasteiger partial charge in [0.2, 0.25) is 0 Å². The number of carbonyl (C=O) groups excluding carboxylic acids is 1. The van der Waals surface area contributed by atoms with Crippen molar-refractivity contribution in [1.82, 2.24) is 20.4 Å². The molecule has 0 bridgehead atoms. The predicted octanol–water partition coefficient (Wildman–Crippen LogP) is 2.91. The summed E-state index contributed by atoms with van der Waals surface area (Å²) in [5.41, 5.74) is 0. The summed E-state index contributed by atoms with van der Waals surface area (Å²) < 4.78 is 0. The number of amides is 2. The number of thiophene rings is 1. The van der Waals surface area contributed by atoms with Crippen LogP contribution in [0, 0.1) is 0 Å². The molecule has 0 aromatic carbocycles.